The Labute approximate surface area is 158 Å². The van der Waals surface area contributed by atoms with Gasteiger partial charge in [-0.05, 0) is 44.5 Å². The summed E-state index contributed by atoms with van der Waals surface area (Å²) < 4.78 is 10.3. The number of ketones is 1. The number of carbonyl (C=O) groups is 3. The zero-order valence-electron chi connectivity index (χ0n) is 15.9. The number of hydrogen-bond donors (Lipinski definition) is 1. The van der Waals surface area contributed by atoms with Gasteiger partial charge in [-0.15, -0.1) is 0 Å². The summed E-state index contributed by atoms with van der Waals surface area (Å²) in [7, 11) is 1.46. The molecule has 2 rings (SSSR count). The maximum atomic E-state index is 12.5. The summed E-state index contributed by atoms with van der Waals surface area (Å²) in [6.45, 7) is 4.89. The van der Waals surface area contributed by atoms with Gasteiger partial charge in [0.05, 0.1) is 12.7 Å². The Hall–Kier alpha value is -3.15. The van der Waals surface area contributed by atoms with Crippen LogP contribution >= 0.6 is 0 Å². The van der Waals surface area contributed by atoms with Crippen molar-refractivity contribution in [3.05, 3.63) is 64.7 Å². The number of esters is 1. The molecule has 6 nitrogen and oxygen atoms in total. The summed E-state index contributed by atoms with van der Waals surface area (Å²) in [4.78, 5) is 36.7. The third kappa shape index (κ3) is 5.17. The van der Waals surface area contributed by atoms with Gasteiger partial charge < -0.3 is 14.8 Å². The first-order valence-corrected chi connectivity index (χ1v) is 8.55. The minimum Gasteiger partial charge on any atom is -0.496 e. The molecule has 0 spiro atoms. The highest BCUT2D eigenvalue weighted by atomic mass is 16.5. The molecule has 0 aliphatic rings. The first-order chi connectivity index (χ1) is 12.8. The first kappa shape index (κ1) is 20.2. The van der Waals surface area contributed by atoms with Crippen molar-refractivity contribution in [2.24, 2.45) is 0 Å². The number of benzene rings is 2. The fourth-order valence-electron chi connectivity index (χ4n) is 2.59. The number of carbonyl (C=O) groups excluding carboxylic acids is 3. The molecule has 0 saturated heterocycles. The van der Waals surface area contributed by atoms with Crippen molar-refractivity contribution >= 4 is 17.7 Å². The lowest BCUT2D eigenvalue weighted by Gasteiger charge is -2.15. The molecular formula is C21H23NO5. The lowest BCUT2D eigenvalue weighted by atomic mass is 9.99. The number of para-hydroxylation sites is 1. The van der Waals surface area contributed by atoms with Gasteiger partial charge in [0.25, 0.3) is 5.91 Å². The lowest BCUT2D eigenvalue weighted by Crippen LogP contribution is -2.34. The molecule has 0 saturated carbocycles. The van der Waals surface area contributed by atoms with Gasteiger partial charge in [-0.2, -0.15) is 0 Å². The summed E-state index contributed by atoms with van der Waals surface area (Å²) in [6, 6.07) is 12.2. The van der Waals surface area contributed by atoms with Crippen LogP contribution in [-0.2, 0) is 9.53 Å². The van der Waals surface area contributed by atoms with Crippen LogP contribution < -0.4 is 10.1 Å². The molecule has 0 bridgehead atoms. The molecule has 2 aromatic carbocycles. The molecule has 0 radical (unpaired) electrons. The lowest BCUT2D eigenvalue weighted by molar-refractivity contribution is -0.145. The molecule has 0 aliphatic carbocycles. The van der Waals surface area contributed by atoms with Crippen molar-refractivity contribution < 1.29 is 23.9 Å². The van der Waals surface area contributed by atoms with E-state index >= 15 is 0 Å². The Morgan fingerprint density at radius 1 is 1.04 bits per heavy atom. The van der Waals surface area contributed by atoms with Crippen LogP contribution in [0, 0.1) is 13.8 Å². The molecule has 0 aliphatic heterocycles. The van der Waals surface area contributed by atoms with Crippen LogP contribution in [0.1, 0.15) is 38.8 Å². The van der Waals surface area contributed by atoms with Crippen LogP contribution in [0.2, 0.25) is 0 Å². The molecule has 1 amide bonds. The van der Waals surface area contributed by atoms with Gasteiger partial charge in [-0.25, -0.2) is 0 Å². The summed E-state index contributed by atoms with van der Waals surface area (Å²) in [6.07, 6.45) is -0.943. The molecule has 0 aromatic heterocycles. The maximum absolute atomic E-state index is 12.5. The van der Waals surface area contributed by atoms with Gasteiger partial charge in [0, 0.05) is 5.56 Å². The third-order valence-corrected chi connectivity index (χ3v) is 4.08. The highest BCUT2D eigenvalue weighted by Crippen LogP contribution is 2.17. The van der Waals surface area contributed by atoms with Crippen molar-refractivity contribution in [1.82, 2.24) is 5.32 Å². The minimum absolute atomic E-state index is 0.277. The number of hydrogen-bond acceptors (Lipinski definition) is 5. The molecule has 142 valence electrons. The van der Waals surface area contributed by atoms with E-state index < -0.39 is 18.0 Å². The average Bonchev–Trinajstić information content (AvgIpc) is 2.67. The van der Waals surface area contributed by atoms with Crippen molar-refractivity contribution in [3.8, 4) is 5.75 Å². The van der Waals surface area contributed by atoms with Crippen LogP contribution in [0.5, 0.6) is 5.75 Å². The molecule has 0 heterocycles. The highest BCUT2D eigenvalue weighted by molar-refractivity contribution is 6.02. The van der Waals surface area contributed by atoms with Gasteiger partial charge in [-0.1, -0.05) is 29.8 Å². The number of Topliss-reactive ketones (excluding diaryl/α,β-unsaturated/α-hetero) is 1. The molecule has 27 heavy (non-hydrogen) atoms. The normalized spacial score (nSPS) is 11.4. The van der Waals surface area contributed by atoms with E-state index in [4.69, 9.17) is 9.47 Å². The molecule has 1 atom stereocenters. The van der Waals surface area contributed by atoms with Gasteiger partial charge in [0.15, 0.2) is 6.10 Å². The predicted molar refractivity (Wildman–Crippen MR) is 101 cm³/mol. The fourth-order valence-corrected chi connectivity index (χ4v) is 2.59. The number of rotatable bonds is 7. The Balaban J connectivity index is 1.94. The summed E-state index contributed by atoms with van der Waals surface area (Å²) in [5.74, 6) is -1.02. The zero-order chi connectivity index (χ0) is 20.0. The van der Waals surface area contributed by atoms with Crippen molar-refractivity contribution in [2.75, 3.05) is 13.7 Å². The molecule has 2 aromatic rings. The summed E-state index contributed by atoms with van der Waals surface area (Å²) in [5.41, 5.74) is 2.60. The van der Waals surface area contributed by atoms with Crippen molar-refractivity contribution in [3.63, 3.8) is 0 Å². The van der Waals surface area contributed by atoms with E-state index in [1.54, 1.807) is 30.3 Å². The zero-order valence-corrected chi connectivity index (χ0v) is 15.9. The van der Waals surface area contributed by atoms with Crippen LogP contribution in [-0.4, -0.2) is 37.4 Å². The number of nitrogens with one attached hydrogen (secondary N) is 1. The predicted octanol–water partition coefficient (Wildman–Crippen LogP) is 2.86. The van der Waals surface area contributed by atoms with E-state index in [0.29, 0.717) is 16.9 Å². The van der Waals surface area contributed by atoms with Crippen molar-refractivity contribution in [1.29, 1.82) is 0 Å². The van der Waals surface area contributed by atoms with Gasteiger partial charge in [-0.3, -0.25) is 14.4 Å². The number of methoxy groups -OCH3 is 1. The number of ether oxygens (including phenoxy) is 2. The van der Waals surface area contributed by atoms with Crippen molar-refractivity contribution in [2.45, 2.75) is 26.9 Å². The fraction of sp³-hybridized carbons (Fsp3) is 0.286. The van der Waals surface area contributed by atoms with Gasteiger partial charge >= 0.3 is 5.97 Å². The largest absolute Gasteiger partial charge is 0.496 e. The van der Waals surface area contributed by atoms with E-state index in [0.717, 1.165) is 11.1 Å². The summed E-state index contributed by atoms with van der Waals surface area (Å²) in [5, 5.41) is 2.47. The second-order valence-corrected chi connectivity index (χ2v) is 6.20. The van der Waals surface area contributed by atoms with Gasteiger partial charge in [0.1, 0.15) is 12.3 Å². The Morgan fingerprint density at radius 2 is 1.74 bits per heavy atom. The molecule has 0 unspecified atom stereocenters. The highest BCUT2D eigenvalue weighted by Gasteiger charge is 2.22. The van der Waals surface area contributed by atoms with E-state index in [1.807, 2.05) is 26.0 Å². The van der Waals surface area contributed by atoms with E-state index in [2.05, 4.69) is 5.32 Å². The minimum atomic E-state index is -0.943. The van der Waals surface area contributed by atoms with Crippen LogP contribution in [0.3, 0.4) is 0 Å². The van der Waals surface area contributed by atoms with E-state index in [1.165, 1.54) is 14.0 Å². The second kappa shape index (κ2) is 8.98. The first-order valence-electron chi connectivity index (χ1n) is 8.55. The second-order valence-electron chi connectivity index (χ2n) is 6.20. The monoisotopic (exact) mass is 369 g/mol. The average molecular weight is 369 g/mol. The van der Waals surface area contributed by atoms with Crippen LogP contribution in [0.15, 0.2) is 42.5 Å². The van der Waals surface area contributed by atoms with Crippen LogP contribution in [0.4, 0.5) is 0 Å². The molecule has 1 N–H and O–H groups in total. The van der Waals surface area contributed by atoms with Gasteiger partial charge in [0.2, 0.25) is 5.78 Å². The Kier molecular flexibility index (Phi) is 6.71. The summed E-state index contributed by atoms with van der Waals surface area (Å²) >= 11 is 0. The van der Waals surface area contributed by atoms with E-state index in [9.17, 15) is 14.4 Å². The quantitative estimate of drug-likeness (QED) is 0.599. The standard InChI is InChI=1S/C21H23NO5/c1-13-9-10-14(2)17(11-13)20(24)15(3)27-19(23)12-22-21(25)16-7-5-6-8-18(16)26-4/h5-11,15H,12H2,1-4H3,(H,22,25)/t15-/m0/s1. The van der Waals surface area contributed by atoms with Crippen LogP contribution in [0.25, 0.3) is 0 Å². The molecular weight excluding hydrogens is 346 g/mol. The maximum Gasteiger partial charge on any atom is 0.326 e. The Morgan fingerprint density at radius 3 is 2.44 bits per heavy atom. The third-order valence-electron chi connectivity index (χ3n) is 4.08. The number of amides is 1. The smallest absolute Gasteiger partial charge is 0.326 e. The van der Waals surface area contributed by atoms with E-state index in [-0.39, 0.29) is 12.3 Å². The molecule has 6 heteroatoms. The Bertz CT molecular complexity index is 859. The topological polar surface area (TPSA) is 81.7 Å². The SMILES string of the molecule is COc1ccccc1C(=O)NCC(=O)O[C@@H](C)C(=O)c1cc(C)ccc1C. The number of aryl methyl sites for hydroxylation is 2. The molecule has 0 fully saturated rings.